The number of aromatic nitrogens is 2. The van der Waals surface area contributed by atoms with E-state index >= 15 is 0 Å². The number of aromatic amines is 1. The van der Waals surface area contributed by atoms with Crippen LogP contribution in [0.15, 0.2) is 42.5 Å². The van der Waals surface area contributed by atoms with Crippen LogP contribution in [0.1, 0.15) is 16.8 Å². The zero-order chi connectivity index (χ0) is 18.7. The number of amides is 1. The lowest BCUT2D eigenvalue weighted by Crippen LogP contribution is -2.21. The summed E-state index contributed by atoms with van der Waals surface area (Å²) >= 11 is 0. The van der Waals surface area contributed by atoms with Crippen LogP contribution >= 0.6 is 0 Å². The molecule has 0 aliphatic heterocycles. The van der Waals surface area contributed by atoms with Crippen molar-refractivity contribution in [3.8, 4) is 16.9 Å². The van der Waals surface area contributed by atoms with E-state index < -0.39 is 0 Å². The minimum Gasteiger partial charge on any atom is -0.483 e. The number of hydrogen-bond acceptors (Lipinski definition) is 3. The van der Waals surface area contributed by atoms with Crippen molar-refractivity contribution < 1.29 is 13.9 Å². The van der Waals surface area contributed by atoms with Gasteiger partial charge in [-0.05, 0) is 55.7 Å². The molecule has 0 saturated heterocycles. The second-order valence-electron chi connectivity index (χ2n) is 6.11. The van der Waals surface area contributed by atoms with Crippen LogP contribution in [-0.2, 0) is 4.79 Å². The van der Waals surface area contributed by atoms with Crippen LogP contribution in [0.4, 0.5) is 10.2 Å². The molecule has 6 heteroatoms. The van der Waals surface area contributed by atoms with E-state index in [4.69, 9.17) is 4.74 Å². The fourth-order valence-electron chi connectivity index (χ4n) is 2.68. The summed E-state index contributed by atoms with van der Waals surface area (Å²) in [4.78, 5) is 12.3. The Bertz CT molecular complexity index is 933. The van der Waals surface area contributed by atoms with E-state index in [9.17, 15) is 9.18 Å². The smallest absolute Gasteiger partial charge is 0.263 e. The van der Waals surface area contributed by atoms with Gasteiger partial charge in [0.1, 0.15) is 11.6 Å². The second-order valence-corrected chi connectivity index (χ2v) is 6.11. The van der Waals surface area contributed by atoms with Crippen molar-refractivity contribution in [3.05, 3.63) is 65.1 Å². The lowest BCUT2D eigenvalue weighted by atomic mass is 10.1. The van der Waals surface area contributed by atoms with Crippen molar-refractivity contribution in [1.29, 1.82) is 0 Å². The summed E-state index contributed by atoms with van der Waals surface area (Å²) in [7, 11) is 0. The van der Waals surface area contributed by atoms with Crippen molar-refractivity contribution in [2.45, 2.75) is 20.8 Å². The number of halogens is 1. The minimum atomic E-state index is -0.319. The molecule has 1 amide bonds. The monoisotopic (exact) mass is 353 g/mol. The second kappa shape index (κ2) is 7.39. The SMILES string of the molecule is Cc1cccc(OCC(=O)Nc2n[nH]c(C)c2-c2ccc(F)cc2)c1C. The molecule has 0 unspecified atom stereocenters. The Morgan fingerprint density at radius 2 is 1.88 bits per heavy atom. The van der Waals surface area contributed by atoms with Crippen molar-refractivity contribution in [3.63, 3.8) is 0 Å². The quantitative estimate of drug-likeness (QED) is 0.724. The van der Waals surface area contributed by atoms with Crippen LogP contribution in [0.2, 0.25) is 0 Å². The Labute approximate surface area is 151 Å². The number of carbonyl (C=O) groups is 1. The Hall–Kier alpha value is -3.15. The van der Waals surface area contributed by atoms with E-state index in [2.05, 4.69) is 15.5 Å². The number of rotatable bonds is 5. The Morgan fingerprint density at radius 1 is 1.15 bits per heavy atom. The van der Waals surface area contributed by atoms with Gasteiger partial charge in [-0.3, -0.25) is 9.89 Å². The van der Waals surface area contributed by atoms with Gasteiger partial charge in [0.05, 0.1) is 0 Å². The summed E-state index contributed by atoms with van der Waals surface area (Å²) in [5.74, 6) is 0.434. The van der Waals surface area contributed by atoms with Crippen molar-refractivity contribution in [2.75, 3.05) is 11.9 Å². The standard InChI is InChI=1S/C20H20FN3O2/c1-12-5-4-6-17(13(12)2)26-11-18(25)22-20-19(14(3)23-24-20)15-7-9-16(21)10-8-15/h4-10H,11H2,1-3H3,(H2,22,23,24,25). The summed E-state index contributed by atoms with van der Waals surface area (Å²) in [5, 5.41) is 9.73. The van der Waals surface area contributed by atoms with Gasteiger partial charge in [0.2, 0.25) is 0 Å². The molecule has 3 aromatic rings. The third-order valence-electron chi connectivity index (χ3n) is 4.25. The molecule has 5 nitrogen and oxygen atoms in total. The molecule has 0 spiro atoms. The highest BCUT2D eigenvalue weighted by Crippen LogP contribution is 2.29. The van der Waals surface area contributed by atoms with Gasteiger partial charge in [0.25, 0.3) is 5.91 Å². The molecular weight excluding hydrogens is 333 g/mol. The van der Waals surface area contributed by atoms with Crippen molar-refractivity contribution in [1.82, 2.24) is 10.2 Å². The van der Waals surface area contributed by atoms with Gasteiger partial charge in [0, 0.05) is 11.3 Å². The summed E-state index contributed by atoms with van der Waals surface area (Å²) in [5.41, 5.74) is 4.38. The number of anilines is 1. The number of benzene rings is 2. The van der Waals surface area contributed by atoms with Crippen LogP contribution in [0.25, 0.3) is 11.1 Å². The van der Waals surface area contributed by atoms with Gasteiger partial charge in [-0.15, -0.1) is 0 Å². The molecule has 134 valence electrons. The van der Waals surface area contributed by atoms with Crippen LogP contribution in [0.5, 0.6) is 5.75 Å². The van der Waals surface area contributed by atoms with Crippen LogP contribution in [-0.4, -0.2) is 22.7 Å². The lowest BCUT2D eigenvalue weighted by Gasteiger charge is -2.11. The van der Waals surface area contributed by atoms with E-state index in [0.717, 1.165) is 27.9 Å². The highest BCUT2D eigenvalue weighted by molar-refractivity contribution is 5.95. The van der Waals surface area contributed by atoms with Crippen molar-refractivity contribution >= 4 is 11.7 Å². The van der Waals surface area contributed by atoms with Crippen molar-refractivity contribution in [2.24, 2.45) is 0 Å². The zero-order valence-corrected chi connectivity index (χ0v) is 14.9. The maximum Gasteiger partial charge on any atom is 0.263 e. The molecule has 3 rings (SSSR count). The first-order valence-electron chi connectivity index (χ1n) is 8.25. The maximum absolute atomic E-state index is 13.2. The topological polar surface area (TPSA) is 67.0 Å². The van der Waals surface area contributed by atoms with E-state index in [-0.39, 0.29) is 18.3 Å². The normalized spacial score (nSPS) is 10.6. The molecule has 0 fully saturated rings. The van der Waals surface area contributed by atoms with Gasteiger partial charge >= 0.3 is 0 Å². The summed E-state index contributed by atoms with van der Waals surface area (Å²) < 4.78 is 18.8. The number of H-pyrrole nitrogens is 1. The largest absolute Gasteiger partial charge is 0.483 e. The molecule has 26 heavy (non-hydrogen) atoms. The van der Waals surface area contributed by atoms with Crippen LogP contribution in [0.3, 0.4) is 0 Å². The van der Waals surface area contributed by atoms with E-state index in [1.807, 2.05) is 39.0 Å². The Morgan fingerprint density at radius 3 is 2.62 bits per heavy atom. The van der Waals surface area contributed by atoms with E-state index in [1.165, 1.54) is 12.1 Å². The van der Waals surface area contributed by atoms with Gasteiger partial charge in [0.15, 0.2) is 12.4 Å². The minimum absolute atomic E-state index is 0.126. The van der Waals surface area contributed by atoms with Gasteiger partial charge in [-0.2, -0.15) is 5.10 Å². The zero-order valence-electron chi connectivity index (χ0n) is 14.9. The first kappa shape index (κ1) is 17.7. The number of aryl methyl sites for hydroxylation is 2. The molecule has 0 saturated carbocycles. The number of nitrogens with one attached hydrogen (secondary N) is 2. The third kappa shape index (κ3) is 3.74. The Kier molecular flexibility index (Phi) is 5.02. The van der Waals surface area contributed by atoms with Gasteiger partial charge < -0.3 is 10.1 Å². The molecule has 2 N–H and O–H groups in total. The summed E-state index contributed by atoms with van der Waals surface area (Å²) in [6.07, 6.45) is 0. The lowest BCUT2D eigenvalue weighted by molar-refractivity contribution is -0.118. The third-order valence-corrected chi connectivity index (χ3v) is 4.25. The predicted molar refractivity (Wildman–Crippen MR) is 98.8 cm³/mol. The number of hydrogen-bond donors (Lipinski definition) is 2. The molecular formula is C20H20FN3O2. The highest BCUT2D eigenvalue weighted by atomic mass is 19.1. The molecule has 0 radical (unpaired) electrons. The maximum atomic E-state index is 13.2. The number of carbonyl (C=O) groups excluding carboxylic acids is 1. The average Bonchev–Trinajstić information content (AvgIpc) is 2.97. The molecule has 1 aromatic heterocycles. The Balaban J connectivity index is 1.72. The van der Waals surface area contributed by atoms with E-state index in [0.29, 0.717) is 11.6 Å². The van der Waals surface area contributed by atoms with Crippen LogP contribution in [0, 0.1) is 26.6 Å². The van der Waals surface area contributed by atoms with Gasteiger partial charge in [-0.1, -0.05) is 24.3 Å². The molecule has 0 bridgehead atoms. The fourth-order valence-corrected chi connectivity index (χ4v) is 2.68. The number of ether oxygens (including phenoxy) is 1. The molecule has 0 aliphatic rings. The molecule has 0 atom stereocenters. The highest BCUT2D eigenvalue weighted by Gasteiger charge is 2.15. The average molecular weight is 353 g/mol. The van der Waals surface area contributed by atoms with E-state index in [1.54, 1.807) is 12.1 Å². The first-order valence-corrected chi connectivity index (χ1v) is 8.25. The molecule has 0 aliphatic carbocycles. The summed E-state index contributed by atoms with van der Waals surface area (Å²) in [6.45, 7) is 5.66. The van der Waals surface area contributed by atoms with Crippen LogP contribution < -0.4 is 10.1 Å². The molecule has 2 aromatic carbocycles. The first-order chi connectivity index (χ1) is 12.5. The fraction of sp³-hybridized carbons (Fsp3) is 0.200. The van der Waals surface area contributed by atoms with Gasteiger partial charge in [-0.25, -0.2) is 4.39 Å². The summed E-state index contributed by atoms with van der Waals surface area (Å²) in [6, 6.07) is 11.8. The molecule has 1 heterocycles. The predicted octanol–water partition coefficient (Wildman–Crippen LogP) is 4.16. The number of nitrogens with zero attached hydrogens (tertiary/aromatic N) is 1.